The van der Waals surface area contributed by atoms with E-state index in [0.717, 1.165) is 25.2 Å². The summed E-state index contributed by atoms with van der Waals surface area (Å²) >= 11 is 0. The lowest BCUT2D eigenvalue weighted by Gasteiger charge is -2.32. The monoisotopic (exact) mass is 294 g/mol. The first-order chi connectivity index (χ1) is 10.2. The molecule has 1 fully saturated rings. The van der Waals surface area contributed by atoms with Gasteiger partial charge in [-0.1, -0.05) is 0 Å². The van der Waals surface area contributed by atoms with Gasteiger partial charge in [0.1, 0.15) is 0 Å². The number of rotatable bonds is 6. The number of carbonyl (C=O) groups is 1. The molecule has 7 nitrogen and oxygen atoms in total. The van der Waals surface area contributed by atoms with Crippen LogP contribution in [-0.2, 0) is 9.53 Å². The minimum absolute atomic E-state index is 0.0143. The molecule has 0 saturated carbocycles. The average Bonchev–Trinajstić information content (AvgIpc) is 2.55. The number of carbonyl (C=O) groups excluding carboxylic acids is 1. The molecule has 1 aromatic rings. The maximum atomic E-state index is 12.1. The van der Waals surface area contributed by atoms with Crippen LogP contribution in [0.4, 0.5) is 5.82 Å². The first kappa shape index (κ1) is 15.5. The number of amides is 1. The van der Waals surface area contributed by atoms with Gasteiger partial charge in [-0.15, -0.1) is 10.2 Å². The summed E-state index contributed by atoms with van der Waals surface area (Å²) in [5, 5.41) is 11.0. The van der Waals surface area contributed by atoms with E-state index in [2.05, 4.69) is 20.4 Å². The van der Waals surface area contributed by atoms with Gasteiger partial charge in [-0.25, -0.2) is 0 Å². The lowest BCUT2D eigenvalue weighted by atomic mass is 9.97. The largest absolute Gasteiger partial charge is 0.480 e. The number of piperidine rings is 1. The van der Waals surface area contributed by atoms with Crippen LogP contribution in [0, 0.1) is 5.92 Å². The standard InChI is InChI=1S/C14H22N4O3/c1-20-9-7-15-14(19)11-4-3-8-18(10-11)12-5-6-13(21-2)17-16-12/h5-6,11H,3-4,7-10H2,1-2H3,(H,15,19). The molecule has 1 aliphatic heterocycles. The zero-order chi connectivity index (χ0) is 15.1. The molecule has 2 heterocycles. The molecule has 116 valence electrons. The van der Waals surface area contributed by atoms with Crippen molar-refractivity contribution in [3.8, 4) is 5.88 Å². The summed E-state index contributed by atoms with van der Waals surface area (Å²) in [7, 11) is 3.18. The van der Waals surface area contributed by atoms with Gasteiger partial charge in [0.2, 0.25) is 11.8 Å². The Kier molecular flexibility index (Phi) is 5.74. The second-order valence-electron chi connectivity index (χ2n) is 5.00. The zero-order valence-electron chi connectivity index (χ0n) is 12.5. The Balaban J connectivity index is 1.91. The summed E-state index contributed by atoms with van der Waals surface area (Å²) in [4.78, 5) is 14.2. The fourth-order valence-electron chi connectivity index (χ4n) is 2.41. The molecular formula is C14H22N4O3. The van der Waals surface area contributed by atoms with Crippen LogP contribution >= 0.6 is 0 Å². The predicted molar refractivity (Wildman–Crippen MR) is 78.4 cm³/mol. The van der Waals surface area contributed by atoms with Crippen molar-refractivity contribution in [2.75, 3.05) is 45.4 Å². The van der Waals surface area contributed by atoms with Crippen LogP contribution in [0.25, 0.3) is 0 Å². The van der Waals surface area contributed by atoms with Crippen molar-refractivity contribution in [2.24, 2.45) is 5.92 Å². The Morgan fingerprint density at radius 1 is 1.43 bits per heavy atom. The summed E-state index contributed by atoms with van der Waals surface area (Å²) < 4.78 is 9.94. The number of ether oxygens (including phenoxy) is 2. The molecule has 0 aliphatic carbocycles. The fraction of sp³-hybridized carbons (Fsp3) is 0.643. The van der Waals surface area contributed by atoms with Gasteiger partial charge in [0.25, 0.3) is 0 Å². The quantitative estimate of drug-likeness (QED) is 0.768. The maximum absolute atomic E-state index is 12.1. The molecule has 7 heteroatoms. The van der Waals surface area contributed by atoms with Gasteiger partial charge in [0.05, 0.1) is 19.6 Å². The molecule has 1 aromatic heterocycles. The Bertz CT molecular complexity index is 452. The lowest BCUT2D eigenvalue weighted by molar-refractivity contribution is -0.125. The van der Waals surface area contributed by atoms with E-state index in [9.17, 15) is 4.79 Å². The van der Waals surface area contributed by atoms with Gasteiger partial charge >= 0.3 is 0 Å². The summed E-state index contributed by atoms with van der Waals surface area (Å²) in [6.07, 6.45) is 1.87. The molecule has 1 aliphatic rings. The Morgan fingerprint density at radius 3 is 2.95 bits per heavy atom. The van der Waals surface area contributed by atoms with Crippen molar-refractivity contribution in [1.82, 2.24) is 15.5 Å². The van der Waals surface area contributed by atoms with Crippen molar-refractivity contribution < 1.29 is 14.3 Å². The van der Waals surface area contributed by atoms with Crippen molar-refractivity contribution in [2.45, 2.75) is 12.8 Å². The van der Waals surface area contributed by atoms with Crippen LogP contribution in [0.3, 0.4) is 0 Å². The van der Waals surface area contributed by atoms with Crippen LogP contribution in [-0.4, -0.2) is 56.6 Å². The van der Waals surface area contributed by atoms with Crippen LogP contribution in [0.2, 0.25) is 0 Å². The maximum Gasteiger partial charge on any atom is 0.233 e. The Hall–Kier alpha value is -1.89. The molecule has 1 N–H and O–H groups in total. The molecule has 1 unspecified atom stereocenters. The highest BCUT2D eigenvalue weighted by atomic mass is 16.5. The Morgan fingerprint density at radius 2 is 2.29 bits per heavy atom. The number of aromatic nitrogens is 2. The van der Waals surface area contributed by atoms with Gasteiger partial charge in [-0.2, -0.15) is 0 Å². The predicted octanol–water partition coefficient (Wildman–Crippen LogP) is 0.464. The van der Waals surface area contributed by atoms with E-state index >= 15 is 0 Å². The van der Waals surface area contributed by atoms with Crippen molar-refractivity contribution in [3.05, 3.63) is 12.1 Å². The third-order valence-electron chi connectivity index (χ3n) is 3.56. The zero-order valence-corrected chi connectivity index (χ0v) is 12.5. The number of nitrogens with one attached hydrogen (secondary N) is 1. The topological polar surface area (TPSA) is 76.6 Å². The molecule has 0 spiro atoms. The van der Waals surface area contributed by atoms with E-state index in [1.807, 2.05) is 6.07 Å². The normalized spacial score (nSPS) is 18.4. The van der Waals surface area contributed by atoms with E-state index in [-0.39, 0.29) is 11.8 Å². The SMILES string of the molecule is COCCNC(=O)C1CCCN(c2ccc(OC)nn2)C1. The molecule has 1 amide bonds. The van der Waals surface area contributed by atoms with Crippen molar-refractivity contribution >= 4 is 11.7 Å². The Labute approximate surface area is 124 Å². The van der Waals surface area contributed by atoms with Crippen molar-refractivity contribution in [3.63, 3.8) is 0 Å². The highest BCUT2D eigenvalue weighted by molar-refractivity contribution is 5.79. The molecule has 0 bridgehead atoms. The number of anilines is 1. The number of hydrogen-bond donors (Lipinski definition) is 1. The lowest BCUT2D eigenvalue weighted by Crippen LogP contribution is -2.44. The fourth-order valence-corrected chi connectivity index (χ4v) is 2.41. The van der Waals surface area contributed by atoms with E-state index in [0.29, 0.717) is 25.6 Å². The first-order valence-corrected chi connectivity index (χ1v) is 7.14. The molecule has 21 heavy (non-hydrogen) atoms. The van der Waals surface area contributed by atoms with E-state index in [1.54, 1.807) is 20.3 Å². The third-order valence-corrected chi connectivity index (χ3v) is 3.56. The highest BCUT2D eigenvalue weighted by Crippen LogP contribution is 2.22. The molecule has 1 saturated heterocycles. The first-order valence-electron chi connectivity index (χ1n) is 7.14. The minimum Gasteiger partial charge on any atom is -0.480 e. The average molecular weight is 294 g/mol. The van der Waals surface area contributed by atoms with Crippen LogP contribution < -0.4 is 15.0 Å². The summed E-state index contributed by atoms with van der Waals surface area (Å²) in [6.45, 7) is 2.64. The van der Waals surface area contributed by atoms with Gasteiger partial charge in [-0.05, 0) is 18.9 Å². The van der Waals surface area contributed by atoms with Crippen LogP contribution in [0.15, 0.2) is 12.1 Å². The third kappa shape index (κ3) is 4.29. The van der Waals surface area contributed by atoms with Gasteiger partial charge in [-0.3, -0.25) is 4.79 Å². The van der Waals surface area contributed by atoms with E-state index in [1.165, 1.54) is 0 Å². The molecular weight excluding hydrogens is 272 g/mol. The van der Waals surface area contributed by atoms with E-state index in [4.69, 9.17) is 9.47 Å². The smallest absolute Gasteiger partial charge is 0.233 e. The van der Waals surface area contributed by atoms with E-state index < -0.39 is 0 Å². The second-order valence-corrected chi connectivity index (χ2v) is 5.00. The van der Waals surface area contributed by atoms with Gasteiger partial charge in [0.15, 0.2) is 5.82 Å². The molecule has 2 rings (SSSR count). The minimum atomic E-state index is -0.0143. The van der Waals surface area contributed by atoms with Crippen LogP contribution in [0.1, 0.15) is 12.8 Å². The van der Waals surface area contributed by atoms with Crippen LogP contribution in [0.5, 0.6) is 5.88 Å². The summed E-state index contributed by atoms with van der Waals surface area (Å²) in [6, 6.07) is 3.65. The molecule has 0 radical (unpaired) electrons. The summed E-state index contributed by atoms with van der Waals surface area (Å²) in [5.74, 6) is 1.34. The number of hydrogen-bond acceptors (Lipinski definition) is 6. The molecule has 1 atom stereocenters. The highest BCUT2D eigenvalue weighted by Gasteiger charge is 2.26. The number of methoxy groups -OCH3 is 2. The van der Waals surface area contributed by atoms with Gasteiger partial charge < -0.3 is 19.7 Å². The number of nitrogens with zero attached hydrogens (tertiary/aromatic N) is 3. The van der Waals surface area contributed by atoms with Crippen molar-refractivity contribution in [1.29, 1.82) is 0 Å². The second kappa shape index (κ2) is 7.78. The molecule has 0 aromatic carbocycles. The van der Waals surface area contributed by atoms with Gasteiger partial charge in [0, 0.05) is 32.8 Å². The summed E-state index contributed by atoms with van der Waals surface area (Å²) in [5.41, 5.74) is 0.